The number of benzene rings is 1. The van der Waals surface area contributed by atoms with Gasteiger partial charge < -0.3 is 14.9 Å². The Kier molecular flexibility index (Phi) is 4.85. The van der Waals surface area contributed by atoms with Gasteiger partial charge in [0.25, 0.3) is 0 Å². The fourth-order valence-corrected chi connectivity index (χ4v) is 3.32. The number of nitrogens with two attached hydrogens (primary N) is 1. The zero-order valence-electron chi connectivity index (χ0n) is 14.4. The molecule has 1 aliphatic carbocycles. The maximum atomic E-state index is 13.4. The van der Waals surface area contributed by atoms with Crippen molar-refractivity contribution in [3.63, 3.8) is 0 Å². The molecule has 2 aromatic rings. The zero-order valence-corrected chi connectivity index (χ0v) is 14.4. The molecule has 1 aromatic heterocycles. The largest absolute Gasteiger partial charge is 0.496 e. The lowest BCUT2D eigenvalue weighted by Crippen LogP contribution is -2.46. The van der Waals surface area contributed by atoms with Gasteiger partial charge in [0.2, 0.25) is 0 Å². The molecule has 0 amide bonds. The van der Waals surface area contributed by atoms with Gasteiger partial charge in [-0.2, -0.15) is 18.4 Å². The summed E-state index contributed by atoms with van der Waals surface area (Å²) < 4.78 is 51.0. The Labute approximate surface area is 153 Å². The molecule has 0 radical (unpaired) electrons. The second kappa shape index (κ2) is 6.96. The number of hydrogen-bond donors (Lipinski definition) is 2. The molecule has 1 saturated carbocycles. The van der Waals surface area contributed by atoms with E-state index in [-0.39, 0.29) is 18.6 Å². The fraction of sp³-hybridized carbons (Fsp3) is 0.333. The number of hydrazine groups is 1. The normalized spacial score (nSPS) is 21.7. The Morgan fingerprint density at radius 1 is 1.26 bits per heavy atom. The number of ether oxygens (including phenoxy) is 2. The van der Waals surface area contributed by atoms with Gasteiger partial charge in [-0.25, -0.2) is 10.8 Å². The van der Waals surface area contributed by atoms with Gasteiger partial charge in [-0.1, -0.05) is 18.2 Å². The van der Waals surface area contributed by atoms with E-state index in [1.54, 1.807) is 24.3 Å². The van der Waals surface area contributed by atoms with Gasteiger partial charge in [0.1, 0.15) is 23.2 Å². The standard InChI is InChI=1S/C18H17F3N4O2/c1-26-13-5-3-2-4-12(13)17(10-22)8-11(9-17)27-14-6-7-24-16(25-23)15(14)18(19,20)21/h2-7,11H,8-9,23H2,1H3,(H,24,25)/t11-,17+. The molecule has 0 atom stereocenters. The molecule has 1 fully saturated rings. The highest BCUT2D eigenvalue weighted by Gasteiger charge is 2.50. The van der Waals surface area contributed by atoms with Crippen LogP contribution in [0.2, 0.25) is 0 Å². The summed E-state index contributed by atoms with van der Waals surface area (Å²) in [5, 5.41) is 9.68. The first-order chi connectivity index (χ1) is 12.8. The van der Waals surface area contributed by atoms with Crippen LogP contribution >= 0.6 is 0 Å². The Morgan fingerprint density at radius 3 is 2.56 bits per heavy atom. The van der Waals surface area contributed by atoms with Crippen molar-refractivity contribution in [1.29, 1.82) is 5.26 Å². The number of hydrogen-bond acceptors (Lipinski definition) is 6. The van der Waals surface area contributed by atoms with Crippen molar-refractivity contribution >= 4 is 5.82 Å². The van der Waals surface area contributed by atoms with E-state index >= 15 is 0 Å². The van der Waals surface area contributed by atoms with Crippen LogP contribution in [0.3, 0.4) is 0 Å². The highest BCUT2D eigenvalue weighted by Crippen LogP contribution is 2.49. The summed E-state index contributed by atoms with van der Waals surface area (Å²) in [5.74, 6) is 4.81. The summed E-state index contributed by atoms with van der Waals surface area (Å²) in [6, 6.07) is 10.5. The molecule has 9 heteroatoms. The monoisotopic (exact) mass is 378 g/mol. The van der Waals surface area contributed by atoms with E-state index in [0.717, 1.165) is 6.07 Å². The van der Waals surface area contributed by atoms with Crippen LogP contribution in [0.25, 0.3) is 0 Å². The molecular weight excluding hydrogens is 361 g/mol. The van der Waals surface area contributed by atoms with Crippen LogP contribution in [0.1, 0.15) is 24.0 Å². The predicted octanol–water partition coefficient (Wildman–Crippen LogP) is 3.40. The highest BCUT2D eigenvalue weighted by molar-refractivity contribution is 5.53. The molecule has 0 unspecified atom stereocenters. The van der Waals surface area contributed by atoms with Crippen LogP contribution in [-0.4, -0.2) is 18.2 Å². The Balaban J connectivity index is 1.84. The molecule has 1 aliphatic rings. The number of aromatic nitrogens is 1. The van der Waals surface area contributed by atoms with Crippen LogP contribution in [-0.2, 0) is 11.6 Å². The molecule has 1 heterocycles. The van der Waals surface area contributed by atoms with E-state index in [2.05, 4.69) is 11.1 Å². The minimum absolute atomic E-state index is 0.245. The third-order valence-electron chi connectivity index (χ3n) is 4.62. The molecule has 6 nitrogen and oxygen atoms in total. The number of pyridine rings is 1. The number of alkyl halides is 3. The lowest BCUT2D eigenvalue weighted by atomic mass is 9.63. The summed E-state index contributed by atoms with van der Waals surface area (Å²) in [7, 11) is 1.50. The van der Waals surface area contributed by atoms with Crippen LogP contribution in [0.15, 0.2) is 36.5 Å². The van der Waals surface area contributed by atoms with Crippen molar-refractivity contribution in [2.75, 3.05) is 12.5 Å². The summed E-state index contributed by atoms with van der Waals surface area (Å²) in [6.07, 6.45) is -3.58. The first kappa shape index (κ1) is 18.8. The summed E-state index contributed by atoms with van der Waals surface area (Å²) in [4.78, 5) is 3.59. The molecule has 1 aromatic carbocycles. The predicted molar refractivity (Wildman–Crippen MR) is 91.0 cm³/mol. The molecule has 3 rings (SSSR count). The molecule has 0 saturated heterocycles. The first-order valence-electron chi connectivity index (χ1n) is 8.09. The van der Waals surface area contributed by atoms with Crippen molar-refractivity contribution in [1.82, 2.24) is 4.98 Å². The van der Waals surface area contributed by atoms with Crippen molar-refractivity contribution < 1.29 is 22.6 Å². The average Bonchev–Trinajstić information content (AvgIpc) is 2.63. The number of anilines is 1. The molecule has 142 valence electrons. The van der Waals surface area contributed by atoms with E-state index < -0.39 is 29.1 Å². The quantitative estimate of drug-likeness (QED) is 0.612. The number of nitrogens with zero attached hydrogens (tertiary/aromatic N) is 2. The van der Waals surface area contributed by atoms with Gasteiger partial charge in [0.15, 0.2) is 5.82 Å². The number of halogens is 3. The number of methoxy groups -OCH3 is 1. The highest BCUT2D eigenvalue weighted by atomic mass is 19.4. The minimum Gasteiger partial charge on any atom is -0.496 e. The van der Waals surface area contributed by atoms with E-state index in [1.165, 1.54) is 13.3 Å². The smallest absolute Gasteiger partial charge is 0.423 e. The first-order valence-corrected chi connectivity index (χ1v) is 8.09. The second-order valence-electron chi connectivity index (χ2n) is 6.22. The van der Waals surface area contributed by atoms with Crippen LogP contribution < -0.4 is 20.7 Å². The van der Waals surface area contributed by atoms with Gasteiger partial charge in [-0.3, -0.25) is 0 Å². The Bertz CT molecular complexity index is 874. The number of rotatable bonds is 5. The van der Waals surface area contributed by atoms with Crippen molar-refractivity contribution in [3.8, 4) is 17.6 Å². The second-order valence-corrected chi connectivity index (χ2v) is 6.22. The van der Waals surface area contributed by atoms with E-state index in [0.29, 0.717) is 11.3 Å². The molecule has 27 heavy (non-hydrogen) atoms. The van der Waals surface area contributed by atoms with Gasteiger partial charge >= 0.3 is 6.18 Å². The zero-order chi connectivity index (χ0) is 19.7. The molecule has 3 N–H and O–H groups in total. The molecular formula is C18H17F3N4O2. The van der Waals surface area contributed by atoms with Crippen LogP contribution in [0.5, 0.6) is 11.5 Å². The summed E-state index contributed by atoms with van der Waals surface area (Å²) in [5.41, 5.74) is 0.706. The number of nitrogens with one attached hydrogen (secondary N) is 1. The molecule has 0 aliphatic heterocycles. The van der Waals surface area contributed by atoms with Gasteiger partial charge in [0.05, 0.1) is 18.6 Å². The van der Waals surface area contributed by atoms with Gasteiger partial charge in [-0.05, 0) is 12.1 Å². The fourth-order valence-electron chi connectivity index (χ4n) is 3.32. The van der Waals surface area contributed by atoms with Crippen LogP contribution in [0, 0.1) is 11.3 Å². The van der Waals surface area contributed by atoms with Crippen molar-refractivity contribution in [2.24, 2.45) is 5.84 Å². The lowest BCUT2D eigenvalue weighted by molar-refractivity contribution is -0.139. The van der Waals surface area contributed by atoms with Crippen molar-refractivity contribution in [3.05, 3.63) is 47.7 Å². The number of para-hydroxylation sites is 1. The number of nitriles is 1. The number of nitrogen functional groups attached to an aromatic ring is 1. The maximum absolute atomic E-state index is 13.4. The summed E-state index contributed by atoms with van der Waals surface area (Å²) in [6.45, 7) is 0. The Hall–Kier alpha value is -2.99. The third kappa shape index (κ3) is 3.36. The van der Waals surface area contributed by atoms with Gasteiger partial charge in [-0.15, -0.1) is 0 Å². The van der Waals surface area contributed by atoms with E-state index in [1.807, 2.05) is 5.43 Å². The van der Waals surface area contributed by atoms with Crippen molar-refractivity contribution in [2.45, 2.75) is 30.5 Å². The Morgan fingerprint density at radius 2 is 1.96 bits per heavy atom. The molecule has 0 spiro atoms. The maximum Gasteiger partial charge on any atom is 0.423 e. The third-order valence-corrected chi connectivity index (χ3v) is 4.62. The minimum atomic E-state index is -4.69. The van der Waals surface area contributed by atoms with E-state index in [4.69, 9.17) is 15.3 Å². The van der Waals surface area contributed by atoms with E-state index in [9.17, 15) is 18.4 Å². The average molecular weight is 378 g/mol. The molecule has 0 bridgehead atoms. The summed E-state index contributed by atoms with van der Waals surface area (Å²) >= 11 is 0. The van der Waals surface area contributed by atoms with Crippen LogP contribution in [0.4, 0.5) is 19.0 Å². The van der Waals surface area contributed by atoms with Gasteiger partial charge in [0, 0.05) is 24.6 Å². The SMILES string of the molecule is COc1ccccc1[C@]1(C#N)C[C@H](Oc2ccnc(NN)c2C(F)(F)F)C1. The lowest BCUT2D eigenvalue weighted by Gasteiger charge is -2.43. The topological polar surface area (TPSA) is 93.2 Å².